The van der Waals surface area contributed by atoms with E-state index in [4.69, 9.17) is 16.3 Å². The molecule has 78 valence electrons. The molecule has 1 aromatic rings. The number of ether oxygens (including phenoxy) is 1. The van der Waals surface area contributed by atoms with Gasteiger partial charge >= 0.3 is 0 Å². The van der Waals surface area contributed by atoms with E-state index in [1.807, 2.05) is 11.6 Å². The van der Waals surface area contributed by atoms with Crippen molar-refractivity contribution >= 4 is 11.6 Å². The van der Waals surface area contributed by atoms with Crippen molar-refractivity contribution in [3.8, 4) is 0 Å². The second-order valence-corrected chi connectivity index (χ2v) is 4.03. The van der Waals surface area contributed by atoms with Crippen LogP contribution in [-0.2, 0) is 17.7 Å². The Kier molecular flexibility index (Phi) is 2.79. The lowest BCUT2D eigenvalue weighted by Gasteiger charge is -2.03. The first kappa shape index (κ1) is 9.99. The summed E-state index contributed by atoms with van der Waals surface area (Å²) in [5.74, 6) is 0. The molecule has 1 atom stereocenters. The zero-order valence-electron chi connectivity index (χ0n) is 8.59. The zero-order chi connectivity index (χ0) is 10.1. The monoisotopic (exact) mass is 214 g/mol. The molecular formula is C10H15ClN2O. The van der Waals surface area contributed by atoms with Gasteiger partial charge < -0.3 is 4.74 Å². The minimum atomic E-state index is 0.464. The van der Waals surface area contributed by atoms with Gasteiger partial charge in [0.25, 0.3) is 0 Å². The van der Waals surface area contributed by atoms with Crippen LogP contribution < -0.4 is 0 Å². The fourth-order valence-corrected chi connectivity index (χ4v) is 1.87. The van der Waals surface area contributed by atoms with Crippen molar-refractivity contribution in [3.05, 3.63) is 16.4 Å². The van der Waals surface area contributed by atoms with E-state index in [0.717, 1.165) is 42.4 Å². The van der Waals surface area contributed by atoms with Crippen LogP contribution in [0.3, 0.4) is 0 Å². The van der Waals surface area contributed by atoms with Crippen molar-refractivity contribution in [1.29, 1.82) is 0 Å². The van der Waals surface area contributed by atoms with E-state index in [2.05, 4.69) is 12.0 Å². The van der Waals surface area contributed by atoms with Gasteiger partial charge in [-0.2, -0.15) is 5.10 Å². The van der Waals surface area contributed by atoms with Crippen molar-refractivity contribution < 1.29 is 4.74 Å². The van der Waals surface area contributed by atoms with Crippen LogP contribution in [0.15, 0.2) is 0 Å². The fourth-order valence-electron chi connectivity index (χ4n) is 1.64. The van der Waals surface area contributed by atoms with Gasteiger partial charge in [-0.1, -0.05) is 11.6 Å². The van der Waals surface area contributed by atoms with E-state index >= 15 is 0 Å². The van der Waals surface area contributed by atoms with E-state index in [0.29, 0.717) is 6.10 Å². The van der Waals surface area contributed by atoms with E-state index in [1.54, 1.807) is 0 Å². The van der Waals surface area contributed by atoms with Crippen LogP contribution in [0.25, 0.3) is 0 Å². The van der Waals surface area contributed by atoms with E-state index in [-0.39, 0.29) is 0 Å². The van der Waals surface area contributed by atoms with Gasteiger partial charge in [0.15, 0.2) is 0 Å². The summed E-state index contributed by atoms with van der Waals surface area (Å²) in [7, 11) is 0. The quantitative estimate of drug-likeness (QED) is 0.720. The molecule has 3 nitrogen and oxygen atoms in total. The molecule has 0 spiro atoms. The third-order valence-electron chi connectivity index (χ3n) is 2.56. The molecule has 0 saturated carbocycles. The maximum absolute atomic E-state index is 6.17. The molecule has 14 heavy (non-hydrogen) atoms. The number of hydrogen-bond donors (Lipinski definition) is 0. The maximum Gasteiger partial charge on any atom is 0.0847 e. The van der Waals surface area contributed by atoms with Gasteiger partial charge in [0.05, 0.1) is 29.1 Å². The summed E-state index contributed by atoms with van der Waals surface area (Å²) in [6.45, 7) is 5.83. The summed E-state index contributed by atoms with van der Waals surface area (Å²) in [6, 6.07) is 0. The Morgan fingerprint density at radius 1 is 1.64 bits per heavy atom. The topological polar surface area (TPSA) is 30.4 Å². The van der Waals surface area contributed by atoms with Gasteiger partial charge in [-0.3, -0.25) is 4.68 Å². The molecule has 0 aromatic carbocycles. The molecule has 1 saturated heterocycles. The van der Waals surface area contributed by atoms with Crippen LogP contribution in [0.5, 0.6) is 0 Å². The highest BCUT2D eigenvalue weighted by atomic mass is 35.5. The molecule has 0 aliphatic carbocycles. The molecule has 1 aliphatic rings. The van der Waals surface area contributed by atoms with Gasteiger partial charge in [0, 0.05) is 6.54 Å². The molecular weight excluding hydrogens is 200 g/mol. The Morgan fingerprint density at radius 3 is 2.93 bits per heavy atom. The number of rotatable bonds is 4. The minimum absolute atomic E-state index is 0.464. The summed E-state index contributed by atoms with van der Waals surface area (Å²) < 4.78 is 7.16. The molecule has 1 aliphatic heterocycles. The lowest BCUT2D eigenvalue weighted by atomic mass is 10.2. The van der Waals surface area contributed by atoms with Crippen molar-refractivity contribution in [2.45, 2.75) is 39.3 Å². The van der Waals surface area contributed by atoms with Gasteiger partial charge in [-0.15, -0.1) is 0 Å². The number of aryl methyl sites for hydroxylation is 2. The Balaban J connectivity index is 2.11. The summed E-state index contributed by atoms with van der Waals surface area (Å²) in [5, 5.41) is 5.20. The van der Waals surface area contributed by atoms with Crippen molar-refractivity contribution in [2.75, 3.05) is 6.61 Å². The third-order valence-corrected chi connectivity index (χ3v) is 3.05. The van der Waals surface area contributed by atoms with Crippen LogP contribution >= 0.6 is 11.6 Å². The average Bonchev–Trinajstić information content (AvgIpc) is 2.95. The Bertz CT molecular complexity index is 331. The number of nitrogens with zero attached hydrogens (tertiary/aromatic N) is 2. The number of epoxide rings is 1. The molecule has 1 unspecified atom stereocenters. The fraction of sp³-hybridized carbons (Fsp3) is 0.700. The predicted molar refractivity (Wildman–Crippen MR) is 55.7 cm³/mol. The third kappa shape index (κ3) is 1.93. The summed E-state index contributed by atoms with van der Waals surface area (Å²) in [4.78, 5) is 0. The lowest BCUT2D eigenvalue weighted by Crippen LogP contribution is -2.04. The summed E-state index contributed by atoms with van der Waals surface area (Å²) in [5.41, 5.74) is 2.09. The molecule has 4 heteroatoms. The van der Waals surface area contributed by atoms with Gasteiger partial charge in [-0.05, 0) is 26.7 Å². The summed E-state index contributed by atoms with van der Waals surface area (Å²) >= 11 is 6.17. The molecule has 0 radical (unpaired) electrons. The van der Waals surface area contributed by atoms with Gasteiger partial charge in [0.2, 0.25) is 0 Å². The molecule has 2 heterocycles. The molecule has 1 fully saturated rings. The van der Waals surface area contributed by atoms with Crippen molar-refractivity contribution in [1.82, 2.24) is 9.78 Å². The largest absolute Gasteiger partial charge is 0.373 e. The van der Waals surface area contributed by atoms with Crippen LogP contribution in [0.2, 0.25) is 5.02 Å². The second-order valence-electron chi connectivity index (χ2n) is 3.66. The molecule has 2 rings (SSSR count). The smallest absolute Gasteiger partial charge is 0.0847 e. The Labute approximate surface area is 89.0 Å². The standard InChI is InChI=1S/C10H15ClN2O/c1-3-13-9(5-4-8-6-14-8)10(11)7(2)12-13/h8H,3-6H2,1-2H3. The van der Waals surface area contributed by atoms with Crippen molar-refractivity contribution in [2.24, 2.45) is 0 Å². The minimum Gasteiger partial charge on any atom is -0.373 e. The number of aromatic nitrogens is 2. The first-order valence-corrected chi connectivity index (χ1v) is 5.43. The first-order chi connectivity index (χ1) is 6.72. The SMILES string of the molecule is CCn1nc(C)c(Cl)c1CCC1CO1. The first-order valence-electron chi connectivity index (χ1n) is 5.05. The lowest BCUT2D eigenvalue weighted by molar-refractivity contribution is 0.394. The molecule has 0 amide bonds. The van der Waals surface area contributed by atoms with Crippen molar-refractivity contribution in [3.63, 3.8) is 0 Å². The van der Waals surface area contributed by atoms with Crippen LogP contribution in [0.1, 0.15) is 24.7 Å². The van der Waals surface area contributed by atoms with E-state index in [1.165, 1.54) is 0 Å². The van der Waals surface area contributed by atoms with Crippen LogP contribution in [0.4, 0.5) is 0 Å². The maximum atomic E-state index is 6.17. The Hall–Kier alpha value is -0.540. The van der Waals surface area contributed by atoms with Gasteiger partial charge in [0.1, 0.15) is 0 Å². The molecule has 0 N–H and O–H groups in total. The predicted octanol–water partition coefficient (Wildman–Crippen LogP) is 2.20. The van der Waals surface area contributed by atoms with Crippen LogP contribution in [0, 0.1) is 6.92 Å². The zero-order valence-corrected chi connectivity index (χ0v) is 9.34. The van der Waals surface area contributed by atoms with Gasteiger partial charge in [-0.25, -0.2) is 0 Å². The highest BCUT2D eigenvalue weighted by molar-refractivity contribution is 6.31. The highest BCUT2D eigenvalue weighted by Crippen LogP contribution is 2.24. The normalized spacial score (nSPS) is 20.1. The highest BCUT2D eigenvalue weighted by Gasteiger charge is 2.23. The molecule has 0 bridgehead atoms. The Morgan fingerprint density at radius 2 is 2.36 bits per heavy atom. The van der Waals surface area contributed by atoms with E-state index < -0.39 is 0 Å². The number of halogens is 1. The average molecular weight is 215 g/mol. The van der Waals surface area contributed by atoms with E-state index in [9.17, 15) is 0 Å². The van der Waals surface area contributed by atoms with Crippen LogP contribution in [-0.4, -0.2) is 22.5 Å². The second kappa shape index (κ2) is 3.91. The molecule has 1 aromatic heterocycles. The number of hydrogen-bond acceptors (Lipinski definition) is 2. The summed E-state index contributed by atoms with van der Waals surface area (Å²) in [6.07, 6.45) is 2.50.